The molecular weight excluding hydrogens is 325 g/mol. The fourth-order valence-electron chi connectivity index (χ4n) is 2.32. The van der Waals surface area contributed by atoms with E-state index in [1.54, 1.807) is 42.6 Å². The van der Waals surface area contributed by atoms with Gasteiger partial charge in [-0.05, 0) is 36.4 Å². The van der Waals surface area contributed by atoms with Gasteiger partial charge in [0.15, 0.2) is 11.4 Å². The summed E-state index contributed by atoms with van der Waals surface area (Å²) in [5.74, 6) is 0.0451. The fourth-order valence-corrected chi connectivity index (χ4v) is 2.32. The Kier molecular flexibility index (Phi) is 4.65. The van der Waals surface area contributed by atoms with Crippen LogP contribution in [0.3, 0.4) is 0 Å². The van der Waals surface area contributed by atoms with Crippen molar-refractivity contribution in [3.63, 3.8) is 0 Å². The Bertz CT molecular complexity index is 891. The maximum atomic E-state index is 13.1. The number of methoxy groups -OCH3 is 2. The summed E-state index contributed by atoms with van der Waals surface area (Å²) in [6.07, 6.45) is 1.56. The smallest absolute Gasteiger partial charge is 0.280 e. The molecule has 0 bridgehead atoms. The Labute approximate surface area is 143 Å². The highest BCUT2D eigenvalue weighted by atomic mass is 19.1. The number of nitrogens with zero attached hydrogens (tertiary/aromatic N) is 2. The van der Waals surface area contributed by atoms with Gasteiger partial charge in [-0.1, -0.05) is 12.1 Å². The standard InChI is InChI=1S/C18H16FN3O3/c1-24-15-6-4-3-5-14(15)20-18(23)17-16(25-2)11-22(21-17)13-9-7-12(19)8-10-13/h3-11H,1-2H3,(H,20,23). The van der Waals surface area contributed by atoms with Crippen molar-refractivity contribution < 1.29 is 18.7 Å². The zero-order chi connectivity index (χ0) is 17.8. The Hall–Kier alpha value is -3.35. The van der Waals surface area contributed by atoms with Crippen LogP contribution in [0.4, 0.5) is 10.1 Å². The Morgan fingerprint density at radius 3 is 2.40 bits per heavy atom. The summed E-state index contributed by atoms with van der Waals surface area (Å²) in [6, 6.07) is 12.8. The number of hydrogen-bond donors (Lipinski definition) is 1. The first-order chi connectivity index (χ1) is 12.1. The second kappa shape index (κ2) is 7.04. The van der Waals surface area contributed by atoms with Crippen LogP contribution in [0.1, 0.15) is 10.5 Å². The predicted molar refractivity (Wildman–Crippen MR) is 91.0 cm³/mol. The van der Waals surface area contributed by atoms with Crippen molar-refractivity contribution >= 4 is 11.6 Å². The zero-order valence-electron chi connectivity index (χ0n) is 13.7. The summed E-state index contributed by atoms with van der Waals surface area (Å²) in [4.78, 5) is 12.6. The third kappa shape index (κ3) is 3.45. The topological polar surface area (TPSA) is 65.4 Å². The van der Waals surface area contributed by atoms with Gasteiger partial charge in [0.05, 0.1) is 31.8 Å². The highest BCUT2D eigenvalue weighted by Gasteiger charge is 2.19. The molecule has 128 valence electrons. The van der Waals surface area contributed by atoms with E-state index in [1.165, 1.54) is 31.0 Å². The molecule has 0 saturated heterocycles. The Balaban J connectivity index is 1.91. The van der Waals surface area contributed by atoms with E-state index >= 15 is 0 Å². The number of hydrogen-bond acceptors (Lipinski definition) is 4. The molecule has 7 heteroatoms. The molecule has 1 N–H and O–H groups in total. The van der Waals surface area contributed by atoms with E-state index in [0.717, 1.165) is 0 Å². The van der Waals surface area contributed by atoms with E-state index in [9.17, 15) is 9.18 Å². The van der Waals surface area contributed by atoms with Crippen LogP contribution in [0.15, 0.2) is 54.7 Å². The van der Waals surface area contributed by atoms with E-state index in [-0.39, 0.29) is 11.5 Å². The van der Waals surface area contributed by atoms with E-state index in [4.69, 9.17) is 9.47 Å². The first-order valence-corrected chi connectivity index (χ1v) is 7.46. The van der Waals surface area contributed by atoms with Crippen molar-refractivity contribution in [3.8, 4) is 17.2 Å². The maximum absolute atomic E-state index is 13.1. The van der Waals surface area contributed by atoms with Crippen molar-refractivity contribution in [2.75, 3.05) is 19.5 Å². The SMILES string of the molecule is COc1ccccc1NC(=O)c1nn(-c2ccc(F)cc2)cc1OC. The molecule has 0 radical (unpaired) electrons. The number of anilines is 1. The maximum Gasteiger partial charge on any atom is 0.280 e. The molecule has 1 aromatic heterocycles. The number of carbonyl (C=O) groups excluding carboxylic acids is 1. The van der Waals surface area contributed by atoms with Crippen LogP contribution >= 0.6 is 0 Å². The largest absolute Gasteiger partial charge is 0.495 e. The average molecular weight is 341 g/mol. The molecule has 3 rings (SSSR count). The summed E-state index contributed by atoms with van der Waals surface area (Å²) in [7, 11) is 2.97. The number of carbonyl (C=O) groups is 1. The summed E-state index contributed by atoms with van der Waals surface area (Å²) < 4.78 is 25.0. The molecule has 0 aliphatic rings. The van der Waals surface area contributed by atoms with Crippen LogP contribution in [0, 0.1) is 5.82 Å². The molecule has 0 unspecified atom stereocenters. The molecule has 1 amide bonds. The number of aromatic nitrogens is 2. The zero-order valence-corrected chi connectivity index (χ0v) is 13.7. The highest BCUT2D eigenvalue weighted by molar-refractivity contribution is 6.05. The molecule has 6 nitrogen and oxygen atoms in total. The molecule has 0 atom stereocenters. The van der Waals surface area contributed by atoms with E-state index in [1.807, 2.05) is 0 Å². The third-order valence-corrected chi connectivity index (χ3v) is 3.56. The van der Waals surface area contributed by atoms with E-state index in [2.05, 4.69) is 10.4 Å². The van der Waals surface area contributed by atoms with Gasteiger partial charge in [-0.2, -0.15) is 5.10 Å². The van der Waals surface area contributed by atoms with Gasteiger partial charge in [-0.25, -0.2) is 9.07 Å². The lowest BCUT2D eigenvalue weighted by Gasteiger charge is -2.09. The van der Waals surface area contributed by atoms with Gasteiger partial charge in [0, 0.05) is 0 Å². The average Bonchev–Trinajstić information content (AvgIpc) is 3.07. The minimum Gasteiger partial charge on any atom is -0.495 e. The highest BCUT2D eigenvalue weighted by Crippen LogP contribution is 2.26. The van der Waals surface area contributed by atoms with Crippen molar-refractivity contribution in [2.45, 2.75) is 0 Å². The number of halogens is 1. The fraction of sp³-hybridized carbons (Fsp3) is 0.111. The van der Waals surface area contributed by atoms with Crippen molar-refractivity contribution in [3.05, 3.63) is 66.2 Å². The van der Waals surface area contributed by atoms with Crippen LogP contribution in [-0.4, -0.2) is 29.9 Å². The predicted octanol–water partition coefficient (Wildman–Crippen LogP) is 3.28. The lowest BCUT2D eigenvalue weighted by atomic mass is 10.2. The number of para-hydroxylation sites is 2. The molecule has 3 aromatic rings. The summed E-state index contributed by atoms with van der Waals surface area (Å²) in [5, 5.41) is 7.00. The summed E-state index contributed by atoms with van der Waals surface area (Å²) >= 11 is 0. The van der Waals surface area contributed by atoms with Gasteiger partial charge >= 0.3 is 0 Å². The molecule has 1 heterocycles. The molecule has 0 fully saturated rings. The van der Waals surface area contributed by atoms with Gasteiger partial charge in [-0.3, -0.25) is 4.79 Å². The number of benzene rings is 2. The molecule has 0 aliphatic carbocycles. The minimum atomic E-state index is -0.442. The summed E-state index contributed by atoms with van der Waals surface area (Å²) in [5.41, 5.74) is 1.24. The molecule has 0 spiro atoms. The van der Waals surface area contributed by atoms with Crippen LogP contribution in [0.2, 0.25) is 0 Å². The van der Waals surface area contributed by atoms with Gasteiger partial charge < -0.3 is 14.8 Å². The van der Waals surface area contributed by atoms with Gasteiger partial charge in [0.25, 0.3) is 5.91 Å². The monoisotopic (exact) mass is 341 g/mol. The summed E-state index contributed by atoms with van der Waals surface area (Å²) in [6.45, 7) is 0. The molecule has 25 heavy (non-hydrogen) atoms. The van der Waals surface area contributed by atoms with Gasteiger partial charge in [0.1, 0.15) is 11.6 Å². The van der Waals surface area contributed by atoms with Gasteiger partial charge in [0.2, 0.25) is 0 Å². The van der Waals surface area contributed by atoms with Crippen molar-refractivity contribution in [1.29, 1.82) is 0 Å². The first-order valence-electron chi connectivity index (χ1n) is 7.46. The molecular formula is C18H16FN3O3. The normalized spacial score (nSPS) is 10.4. The van der Waals surface area contributed by atoms with Crippen molar-refractivity contribution in [1.82, 2.24) is 9.78 Å². The van der Waals surface area contributed by atoms with E-state index in [0.29, 0.717) is 22.9 Å². The first kappa shape index (κ1) is 16.5. The lowest BCUT2D eigenvalue weighted by molar-refractivity contribution is 0.101. The number of ether oxygens (including phenoxy) is 2. The second-order valence-corrected chi connectivity index (χ2v) is 5.12. The quantitative estimate of drug-likeness (QED) is 0.773. The van der Waals surface area contributed by atoms with Gasteiger partial charge in [-0.15, -0.1) is 0 Å². The molecule has 2 aromatic carbocycles. The lowest BCUT2D eigenvalue weighted by Crippen LogP contribution is -2.14. The Morgan fingerprint density at radius 2 is 1.72 bits per heavy atom. The van der Waals surface area contributed by atoms with Crippen LogP contribution in [0.5, 0.6) is 11.5 Å². The van der Waals surface area contributed by atoms with Crippen LogP contribution in [0.25, 0.3) is 5.69 Å². The molecule has 0 saturated carbocycles. The van der Waals surface area contributed by atoms with Crippen LogP contribution in [-0.2, 0) is 0 Å². The number of amides is 1. The number of rotatable bonds is 5. The van der Waals surface area contributed by atoms with E-state index < -0.39 is 5.91 Å². The van der Waals surface area contributed by atoms with Crippen molar-refractivity contribution in [2.24, 2.45) is 0 Å². The Morgan fingerprint density at radius 1 is 1.04 bits per heavy atom. The number of nitrogens with one attached hydrogen (secondary N) is 1. The second-order valence-electron chi connectivity index (χ2n) is 5.12. The third-order valence-electron chi connectivity index (χ3n) is 3.56. The van der Waals surface area contributed by atoms with Crippen LogP contribution < -0.4 is 14.8 Å². The minimum absolute atomic E-state index is 0.109. The molecule has 0 aliphatic heterocycles.